The van der Waals surface area contributed by atoms with Gasteiger partial charge in [-0.1, -0.05) is 13.8 Å². The van der Waals surface area contributed by atoms with E-state index in [0.29, 0.717) is 23.8 Å². The number of nitrogens with zero attached hydrogens (tertiary/aromatic N) is 5. The molecule has 4 heterocycles. The fourth-order valence-electron chi connectivity index (χ4n) is 4.43. The molecule has 1 unspecified atom stereocenters. The third-order valence-electron chi connectivity index (χ3n) is 6.44. The Bertz CT molecular complexity index is 1260. The Morgan fingerprint density at radius 1 is 1.30 bits per heavy atom. The summed E-state index contributed by atoms with van der Waals surface area (Å²) in [6.45, 7) is 8.89. The van der Waals surface area contributed by atoms with Crippen LogP contribution in [0.1, 0.15) is 30.7 Å². The summed E-state index contributed by atoms with van der Waals surface area (Å²) >= 11 is 0. The van der Waals surface area contributed by atoms with Gasteiger partial charge in [0, 0.05) is 35.2 Å². The van der Waals surface area contributed by atoms with E-state index >= 15 is 0 Å². The highest BCUT2D eigenvalue weighted by atomic mass is 16.5. The molecule has 9 nitrogen and oxygen atoms in total. The van der Waals surface area contributed by atoms with Crippen molar-refractivity contribution in [1.82, 2.24) is 19.7 Å². The molecule has 0 spiro atoms. The number of hydrogen-bond donors (Lipinski definition) is 3. The molecule has 0 radical (unpaired) electrons. The fourth-order valence-corrected chi connectivity index (χ4v) is 4.43. The fraction of sp³-hybridized carbons (Fsp3) is 0.417. The van der Waals surface area contributed by atoms with Crippen LogP contribution in [0.5, 0.6) is 0 Å². The Balaban J connectivity index is 1.47. The number of aromatic nitrogens is 4. The number of fused-ring (bicyclic) bond motifs is 1. The van der Waals surface area contributed by atoms with Crippen molar-refractivity contribution in [1.29, 1.82) is 5.26 Å². The largest absolute Gasteiger partial charge is 0.395 e. The SMILES string of the molecule is Cc1cc(Nc2nccc(-c3cc(C#N)c4c(c3)C(C)(CO)CN4)n2)n(CC2(C)COC2)n1. The lowest BCUT2D eigenvalue weighted by Gasteiger charge is -2.38. The van der Waals surface area contributed by atoms with Gasteiger partial charge in [0.1, 0.15) is 11.9 Å². The Hall–Kier alpha value is -3.48. The lowest BCUT2D eigenvalue weighted by Crippen LogP contribution is -2.43. The van der Waals surface area contributed by atoms with Crippen molar-refractivity contribution >= 4 is 17.5 Å². The zero-order valence-electron chi connectivity index (χ0n) is 19.0. The van der Waals surface area contributed by atoms with Crippen molar-refractivity contribution in [2.24, 2.45) is 5.41 Å². The van der Waals surface area contributed by atoms with E-state index < -0.39 is 5.41 Å². The minimum absolute atomic E-state index is 0.00873. The van der Waals surface area contributed by atoms with Gasteiger partial charge in [0.05, 0.1) is 49.0 Å². The third kappa shape index (κ3) is 3.81. The highest BCUT2D eigenvalue weighted by Crippen LogP contribution is 2.41. The highest BCUT2D eigenvalue weighted by molar-refractivity contribution is 5.76. The number of nitrogens with one attached hydrogen (secondary N) is 2. The predicted octanol–water partition coefficient (Wildman–Crippen LogP) is 2.98. The molecule has 3 N–H and O–H groups in total. The van der Waals surface area contributed by atoms with Gasteiger partial charge in [-0.25, -0.2) is 14.6 Å². The second-order valence-corrected chi connectivity index (χ2v) is 9.65. The predicted molar refractivity (Wildman–Crippen MR) is 124 cm³/mol. The molecule has 1 saturated heterocycles. The molecule has 1 fully saturated rings. The minimum atomic E-state index is -0.448. The highest BCUT2D eigenvalue weighted by Gasteiger charge is 2.36. The van der Waals surface area contributed by atoms with Gasteiger partial charge in [-0.15, -0.1) is 0 Å². The Morgan fingerprint density at radius 3 is 2.82 bits per heavy atom. The van der Waals surface area contributed by atoms with Gasteiger partial charge in [0.15, 0.2) is 0 Å². The van der Waals surface area contributed by atoms with E-state index in [-0.39, 0.29) is 12.0 Å². The molecular formula is C24H27N7O2. The maximum Gasteiger partial charge on any atom is 0.228 e. The van der Waals surface area contributed by atoms with Crippen LogP contribution < -0.4 is 10.6 Å². The lowest BCUT2D eigenvalue weighted by molar-refractivity contribution is -0.111. The second-order valence-electron chi connectivity index (χ2n) is 9.65. The summed E-state index contributed by atoms with van der Waals surface area (Å²) in [6, 6.07) is 9.90. The molecule has 1 aromatic carbocycles. The van der Waals surface area contributed by atoms with Gasteiger partial charge in [-0.05, 0) is 30.7 Å². The molecule has 9 heteroatoms. The van der Waals surface area contributed by atoms with Crippen molar-refractivity contribution < 1.29 is 9.84 Å². The topological polar surface area (TPSA) is 121 Å². The summed E-state index contributed by atoms with van der Waals surface area (Å²) in [6.07, 6.45) is 1.70. The lowest BCUT2D eigenvalue weighted by atomic mass is 9.83. The standard InChI is InChI=1S/C24H27N7O2/c1-15-6-20(31(30-15)11-23(2)13-33-14-23)29-22-26-5-4-19(28-22)16-7-17(9-25)21-18(8-16)24(3,12-32)10-27-21/h4-8,27,32H,10-14H2,1-3H3,(H,26,28,29). The van der Waals surface area contributed by atoms with Crippen LogP contribution in [0.15, 0.2) is 30.5 Å². The van der Waals surface area contributed by atoms with E-state index in [9.17, 15) is 10.4 Å². The summed E-state index contributed by atoms with van der Waals surface area (Å²) in [4.78, 5) is 9.11. The molecule has 33 heavy (non-hydrogen) atoms. The van der Waals surface area contributed by atoms with E-state index in [2.05, 4.69) is 33.7 Å². The quantitative estimate of drug-likeness (QED) is 0.530. The number of benzene rings is 1. The van der Waals surface area contributed by atoms with E-state index in [4.69, 9.17) is 9.72 Å². The van der Waals surface area contributed by atoms with E-state index in [1.807, 2.05) is 42.8 Å². The van der Waals surface area contributed by atoms with Gasteiger partial charge < -0.3 is 20.5 Å². The number of aliphatic hydroxyl groups excluding tert-OH is 1. The molecule has 0 aliphatic carbocycles. The Morgan fingerprint density at radius 2 is 2.12 bits per heavy atom. The molecule has 0 amide bonds. The van der Waals surface area contributed by atoms with E-state index in [1.165, 1.54) is 0 Å². The van der Waals surface area contributed by atoms with Crippen LogP contribution in [0.25, 0.3) is 11.3 Å². The van der Waals surface area contributed by atoms with Crippen LogP contribution in [-0.2, 0) is 16.7 Å². The number of aliphatic hydroxyl groups is 1. The molecule has 1 atom stereocenters. The Kier molecular flexibility index (Phi) is 5.07. The molecule has 2 aliphatic heterocycles. The summed E-state index contributed by atoms with van der Waals surface area (Å²) in [5.41, 5.74) is 4.29. The number of ether oxygens (including phenoxy) is 1. The first-order valence-electron chi connectivity index (χ1n) is 11.0. The summed E-state index contributed by atoms with van der Waals surface area (Å²) < 4.78 is 7.32. The van der Waals surface area contributed by atoms with Crippen molar-refractivity contribution in [3.8, 4) is 17.3 Å². The van der Waals surface area contributed by atoms with Crippen LogP contribution in [0.2, 0.25) is 0 Å². The third-order valence-corrected chi connectivity index (χ3v) is 6.44. The van der Waals surface area contributed by atoms with Gasteiger partial charge in [-0.3, -0.25) is 0 Å². The summed E-state index contributed by atoms with van der Waals surface area (Å²) in [5, 5.41) is 30.9. The second kappa shape index (κ2) is 7.83. The average Bonchev–Trinajstić information content (AvgIpc) is 3.31. The van der Waals surface area contributed by atoms with Crippen LogP contribution in [0, 0.1) is 23.7 Å². The minimum Gasteiger partial charge on any atom is -0.395 e. The van der Waals surface area contributed by atoms with Crippen LogP contribution in [0.4, 0.5) is 17.5 Å². The summed E-state index contributed by atoms with van der Waals surface area (Å²) in [7, 11) is 0. The van der Waals surface area contributed by atoms with Crippen molar-refractivity contribution in [2.75, 3.05) is 37.0 Å². The van der Waals surface area contributed by atoms with Gasteiger partial charge in [0.25, 0.3) is 0 Å². The number of nitriles is 1. The zero-order chi connectivity index (χ0) is 23.2. The van der Waals surface area contributed by atoms with E-state index in [1.54, 1.807) is 6.20 Å². The average molecular weight is 446 g/mol. The van der Waals surface area contributed by atoms with Crippen LogP contribution >= 0.6 is 0 Å². The number of hydrogen-bond acceptors (Lipinski definition) is 8. The maximum atomic E-state index is 9.96. The Labute approximate surface area is 192 Å². The number of rotatable bonds is 6. The number of anilines is 3. The van der Waals surface area contributed by atoms with Gasteiger partial charge in [-0.2, -0.15) is 10.4 Å². The molecule has 170 valence electrons. The van der Waals surface area contributed by atoms with Gasteiger partial charge >= 0.3 is 0 Å². The molecule has 0 bridgehead atoms. The van der Waals surface area contributed by atoms with Crippen molar-refractivity contribution in [2.45, 2.75) is 32.7 Å². The molecule has 2 aromatic heterocycles. The van der Waals surface area contributed by atoms with Crippen molar-refractivity contribution in [3.05, 3.63) is 47.3 Å². The summed E-state index contributed by atoms with van der Waals surface area (Å²) in [5.74, 6) is 1.27. The first-order valence-corrected chi connectivity index (χ1v) is 11.0. The monoisotopic (exact) mass is 445 g/mol. The molecule has 0 saturated carbocycles. The normalized spacial score (nSPS) is 20.5. The smallest absolute Gasteiger partial charge is 0.228 e. The van der Waals surface area contributed by atoms with Crippen LogP contribution in [-0.4, -0.2) is 51.2 Å². The molecular weight excluding hydrogens is 418 g/mol. The molecule has 2 aliphatic rings. The maximum absolute atomic E-state index is 9.96. The van der Waals surface area contributed by atoms with E-state index in [0.717, 1.165) is 48.1 Å². The molecule has 5 rings (SSSR count). The van der Waals surface area contributed by atoms with Gasteiger partial charge in [0.2, 0.25) is 5.95 Å². The first-order chi connectivity index (χ1) is 15.8. The first kappa shape index (κ1) is 21.4. The zero-order valence-corrected chi connectivity index (χ0v) is 19.0. The van der Waals surface area contributed by atoms with Crippen molar-refractivity contribution in [3.63, 3.8) is 0 Å². The number of aryl methyl sites for hydroxylation is 1. The van der Waals surface area contributed by atoms with Crippen LogP contribution in [0.3, 0.4) is 0 Å². The molecule has 3 aromatic rings.